The highest BCUT2D eigenvalue weighted by molar-refractivity contribution is 7.87. The predicted octanol–water partition coefficient (Wildman–Crippen LogP) is 2.48. The minimum Gasteiger partial charge on any atom is -0.469 e. The molecule has 0 aliphatic heterocycles. The minimum absolute atomic E-state index is 0.955. The van der Waals surface area contributed by atoms with Gasteiger partial charge in [-0.1, -0.05) is 58.9 Å². The van der Waals surface area contributed by atoms with Crippen molar-refractivity contribution in [2.24, 2.45) is 0 Å². The van der Waals surface area contributed by atoms with Crippen LogP contribution in [-0.4, -0.2) is 40.1 Å². The number of hydrogen-bond acceptors (Lipinski definition) is 1. The SMILES string of the molecule is C[Si](C)(C)[Si](O[SiH3])([Si](C)(C)C)[Si](C)(C)C. The third kappa shape index (κ3) is 2.66. The van der Waals surface area contributed by atoms with Crippen molar-refractivity contribution < 1.29 is 4.12 Å². The molecule has 1 nitrogen and oxygen atoms in total. The molecule has 0 spiro atoms. The fourth-order valence-electron chi connectivity index (χ4n) is 4.29. The summed E-state index contributed by atoms with van der Waals surface area (Å²) in [5, 5.41) is 0. The van der Waals surface area contributed by atoms with Gasteiger partial charge >= 0.3 is 0 Å². The minimum atomic E-state index is -1.40. The lowest BCUT2D eigenvalue weighted by molar-refractivity contribution is 0.655. The molecule has 0 N–H and O–H groups in total. The molecule has 0 bridgehead atoms. The van der Waals surface area contributed by atoms with Gasteiger partial charge in [-0.05, 0) is 0 Å². The molecular weight excluding hydrogens is 265 g/mol. The van der Waals surface area contributed by atoms with Crippen LogP contribution in [0.4, 0.5) is 0 Å². The Morgan fingerprint density at radius 2 is 0.800 bits per heavy atom. The molecule has 0 saturated carbocycles. The summed E-state index contributed by atoms with van der Waals surface area (Å²) >= 11 is 0. The Labute approximate surface area is 103 Å². The first-order chi connectivity index (χ1) is 6.31. The fraction of sp³-hybridized carbons (Fsp3) is 1.00. The van der Waals surface area contributed by atoms with Gasteiger partial charge in [0.2, 0.25) is 0 Å². The van der Waals surface area contributed by atoms with E-state index >= 15 is 0 Å². The van der Waals surface area contributed by atoms with Gasteiger partial charge in [0, 0.05) is 0 Å². The van der Waals surface area contributed by atoms with Crippen molar-refractivity contribution in [3.05, 3.63) is 0 Å². The Bertz CT molecular complexity index is 184. The van der Waals surface area contributed by atoms with Crippen molar-refractivity contribution in [3.8, 4) is 0 Å². The van der Waals surface area contributed by atoms with E-state index in [1.807, 2.05) is 0 Å². The van der Waals surface area contributed by atoms with Crippen molar-refractivity contribution in [2.45, 2.75) is 58.9 Å². The van der Waals surface area contributed by atoms with E-state index in [-0.39, 0.29) is 0 Å². The summed E-state index contributed by atoms with van der Waals surface area (Å²) < 4.78 is 6.49. The zero-order valence-electron chi connectivity index (χ0n) is 12.4. The zero-order chi connectivity index (χ0) is 12.7. The van der Waals surface area contributed by atoms with Crippen LogP contribution >= 0.6 is 0 Å². The Balaban J connectivity index is 5.78. The molecule has 0 fully saturated rings. The van der Waals surface area contributed by atoms with Gasteiger partial charge in [-0.2, -0.15) is 0 Å². The summed E-state index contributed by atoms with van der Waals surface area (Å²) in [7, 11) is -2.44. The van der Waals surface area contributed by atoms with Crippen molar-refractivity contribution >= 4 is 40.1 Å². The first kappa shape index (κ1) is 16.0. The average Bonchev–Trinajstić information content (AvgIpc) is 1.76. The van der Waals surface area contributed by atoms with Crippen molar-refractivity contribution in [3.63, 3.8) is 0 Å². The third-order valence-electron chi connectivity index (χ3n) is 3.47. The van der Waals surface area contributed by atoms with Crippen LogP contribution in [-0.2, 0) is 4.12 Å². The van der Waals surface area contributed by atoms with Gasteiger partial charge in [-0.3, -0.25) is 0 Å². The van der Waals surface area contributed by atoms with Crippen LogP contribution in [0.1, 0.15) is 0 Å². The lowest BCUT2D eigenvalue weighted by Gasteiger charge is -2.56. The zero-order valence-corrected chi connectivity index (χ0v) is 18.4. The van der Waals surface area contributed by atoms with Crippen LogP contribution in [0, 0.1) is 0 Å². The molecule has 0 heterocycles. The molecule has 0 saturated heterocycles. The first-order valence-electron chi connectivity index (χ1n) is 5.86. The van der Waals surface area contributed by atoms with Gasteiger partial charge in [0.1, 0.15) is 17.4 Å². The smallest absolute Gasteiger partial charge is 0.142 e. The van der Waals surface area contributed by atoms with Crippen LogP contribution in [0.15, 0.2) is 0 Å². The van der Waals surface area contributed by atoms with E-state index in [9.17, 15) is 0 Å². The van der Waals surface area contributed by atoms with Gasteiger partial charge in [0.05, 0.1) is 22.8 Å². The van der Waals surface area contributed by atoms with Crippen LogP contribution in [0.5, 0.6) is 0 Å². The second kappa shape index (κ2) is 4.37. The molecular formula is C9H30OSi5. The molecule has 0 radical (unpaired) electrons. The summed E-state index contributed by atoms with van der Waals surface area (Å²) in [5.74, 6) is 0. The molecule has 0 aromatic rings. The lowest BCUT2D eigenvalue weighted by atomic mass is 11.8. The topological polar surface area (TPSA) is 9.23 Å². The van der Waals surface area contributed by atoms with Crippen LogP contribution in [0.25, 0.3) is 0 Å². The molecule has 0 aliphatic rings. The van der Waals surface area contributed by atoms with Crippen molar-refractivity contribution in [1.82, 2.24) is 0 Å². The summed E-state index contributed by atoms with van der Waals surface area (Å²) in [6, 6.07) is 0. The second-order valence-corrected chi connectivity index (χ2v) is 48.5. The third-order valence-corrected chi connectivity index (χ3v) is 77.3. The molecule has 15 heavy (non-hydrogen) atoms. The largest absolute Gasteiger partial charge is 0.469 e. The summed E-state index contributed by atoms with van der Waals surface area (Å²) in [5.41, 5.74) is 0. The molecule has 0 atom stereocenters. The van der Waals surface area contributed by atoms with E-state index < -0.39 is 29.6 Å². The normalized spacial score (nSPS) is 15.8. The second-order valence-electron chi connectivity index (χ2n) is 7.64. The van der Waals surface area contributed by atoms with Gasteiger partial charge in [-0.15, -0.1) is 0 Å². The summed E-state index contributed by atoms with van der Waals surface area (Å²) in [6.45, 7) is 21.7. The highest BCUT2D eigenvalue weighted by Crippen LogP contribution is 2.36. The van der Waals surface area contributed by atoms with E-state index in [2.05, 4.69) is 58.9 Å². The van der Waals surface area contributed by atoms with Crippen LogP contribution < -0.4 is 0 Å². The average molecular weight is 295 g/mol. The van der Waals surface area contributed by atoms with Gasteiger partial charge < -0.3 is 4.12 Å². The van der Waals surface area contributed by atoms with Gasteiger partial charge in [0.25, 0.3) is 0 Å². The molecule has 0 aliphatic carbocycles. The Morgan fingerprint density at radius 3 is 0.800 bits per heavy atom. The van der Waals surface area contributed by atoms with Gasteiger partial charge in [0.15, 0.2) is 0 Å². The van der Waals surface area contributed by atoms with E-state index in [1.54, 1.807) is 0 Å². The maximum Gasteiger partial charge on any atom is 0.142 e. The summed E-state index contributed by atoms with van der Waals surface area (Å²) in [4.78, 5) is 0. The van der Waals surface area contributed by atoms with Gasteiger partial charge in [-0.25, -0.2) is 0 Å². The molecule has 0 amide bonds. The molecule has 0 aromatic carbocycles. The fourth-order valence-corrected chi connectivity index (χ4v) is 116. The number of hydrogen-bond donors (Lipinski definition) is 0. The molecule has 0 unspecified atom stereocenters. The molecule has 0 rings (SSSR count). The first-order valence-corrected chi connectivity index (χ1v) is 22.1. The van der Waals surface area contributed by atoms with E-state index in [4.69, 9.17) is 4.12 Å². The summed E-state index contributed by atoms with van der Waals surface area (Å²) in [6.07, 6.45) is 0. The number of rotatable bonds is 4. The standard InChI is InChI=1S/C9H30OSi5/c1-12(2,3)15(10-11,13(4,5)6)14(7,8)9/h1-9,11H3. The maximum absolute atomic E-state index is 6.49. The van der Waals surface area contributed by atoms with E-state index in [1.165, 1.54) is 0 Å². The lowest BCUT2D eigenvalue weighted by Crippen LogP contribution is -2.84. The maximum atomic E-state index is 6.49. The van der Waals surface area contributed by atoms with Crippen molar-refractivity contribution in [2.75, 3.05) is 0 Å². The Morgan fingerprint density at radius 1 is 0.600 bits per heavy atom. The molecule has 6 heteroatoms. The molecule has 0 aromatic heterocycles. The highest BCUT2D eigenvalue weighted by atomic mass is 29.9. The van der Waals surface area contributed by atoms with E-state index in [0.717, 1.165) is 10.5 Å². The molecule has 92 valence electrons. The highest BCUT2D eigenvalue weighted by Gasteiger charge is 2.62. The Kier molecular flexibility index (Phi) is 4.68. The predicted molar refractivity (Wildman–Crippen MR) is 86.8 cm³/mol. The van der Waals surface area contributed by atoms with E-state index in [0.29, 0.717) is 0 Å². The van der Waals surface area contributed by atoms with Crippen LogP contribution in [0.3, 0.4) is 0 Å². The monoisotopic (exact) mass is 294 g/mol. The Hall–Kier alpha value is 1.04. The van der Waals surface area contributed by atoms with Crippen molar-refractivity contribution in [1.29, 1.82) is 0 Å². The van der Waals surface area contributed by atoms with Crippen LogP contribution in [0.2, 0.25) is 58.9 Å². The quantitative estimate of drug-likeness (QED) is 0.724.